The van der Waals surface area contributed by atoms with Gasteiger partial charge in [0.15, 0.2) is 0 Å². The molecule has 2 nitrogen and oxygen atoms in total. The van der Waals surface area contributed by atoms with Crippen molar-refractivity contribution < 1.29 is 26.3 Å². The van der Waals surface area contributed by atoms with Gasteiger partial charge in [0.1, 0.15) is 11.4 Å². The number of rotatable bonds is 1. The zero-order valence-electron chi connectivity index (χ0n) is 9.63. The van der Waals surface area contributed by atoms with Crippen molar-refractivity contribution in [2.45, 2.75) is 12.4 Å². The second-order valence-corrected chi connectivity index (χ2v) is 3.84. The highest BCUT2D eigenvalue weighted by molar-refractivity contribution is 5.60. The van der Waals surface area contributed by atoms with Gasteiger partial charge in [-0.1, -0.05) is 6.07 Å². The fourth-order valence-corrected chi connectivity index (χ4v) is 1.50. The van der Waals surface area contributed by atoms with Crippen LogP contribution in [0.4, 0.5) is 26.3 Å². The van der Waals surface area contributed by atoms with Crippen LogP contribution in [0.2, 0.25) is 0 Å². The SMILES string of the molecule is FC(F)(F)c1cc(-c2ccccn2)cc(C(F)(F)F)n1. The Balaban J connectivity index is 2.64. The molecule has 20 heavy (non-hydrogen) atoms. The van der Waals surface area contributed by atoms with Gasteiger partial charge >= 0.3 is 12.4 Å². The van der Waals surface area contributed by atoms with Crippen molar-refractivity contribution in [1.29, 1.82) is 0 Å². The predicted octanol–water partition coefficient (Wildman–Crippen LogP) is 4.18. The van der Waals surface area contributed by atoms with Crippen molar-refractivity contribution in [2.75, 3.05) is 0 Å². The summed E-state index contributed by atoms with van der Waals surface area (Å²) in [5.41, 5.74) is -3.49. The van der Waals surface area contributed by atoms with E-state index in [-0.39, 0.29) is 11.3 Å². The quantitative estimate of drug-likeness (QED) is 0.737. The molecule has 0 atom stereocenters. The molecule has 106 valence electrons. The van der Waals surface area contributed by atoms with Gasteiger partial charge in [-0.15, -0.1) is 0 Å². The normalized spacial score (nSPS) is 12.5. The molecule has 0 aliphatic rings. The van der Waals surface area contributed by atoms with Crippen molar-refractivity contribution in [3.05, 3.63) is 47.9 Å². The minimum atomic E-state index is -4.97. The molecule has 2 rings (SSSR count). The van der Waals surface area contributed by atoms with E-state index in [1.54, 1.807) is 0 Å². The second kappa shape index (κ2) is 4.77. The van der Waals surface area contributed by atoms with Crippen LogP contribution in [0, 0.1) is 0 Å². The fourth-order valence-electron chi connectivity index (χ4n) is 1.50. The van der Waals surface area contributed by atoms with Crippen LogP contribution in [0.3, 0.4) is 0 Å². The average Bonchev–Trinajstić information content (AvgIpc) is 2.37. The number of aromatic nitrogens is 2. The molecule has 0 spiro atoms. The Morgan fingerprint density at radius 3 is 1.75 bits per heavy atom. The first-order valence-corrected chi connectivity index (χ1v) is 5.26. The largest absolute Gasteiger partial charge is 0.433 e. The summed E-state index contributed by atoms with van der Waals surface area (Å²) in [5, 5.41) is 0. The van der Waals surface area contributed by atoms with Gasteiger partial charge in [-0.05, 0) is 24.3 Å². The number of nitrogens with zero attached hydrogens (tertiary/aromatic N) is 2. The number of alkyl halides is 6. The van der Waals surface area contributed by atoms with E-state index >= 15 is 0 Å². The Kier molecular flexibility index (Phi) is 3.41. The molecule has 0 aliphatic carbocycles. The number of pyridine rings is 2. The Hall–Kier alpha value is -2.12. The number of hydrogen-bond donors (Lipinski definition) is 0. The molecule has 0 bridgehead atoms. The standard InChI is InChI=1S/C12H6F6N2/c13-11(14,15)9-5-7(8-3-1-2-4-19-8)6-10(20-9)12(16,17)18/h1-6H. The van der Waals surface area contributed by atoms with Gasteiger partial charge in [0.05, 0.1) is 5.69 Å². The van der Waals surface area contributed by atoms with Crippen molar-refractivity contribution in [1.82, 2.24) is 9.97 Å². The summed E-state index contributed by atoms with van der Waals surface area (Å²) in [6.45, 7) is 0. The Bertz CT molecular complexity index is 571. The smallest absolute Gasteiger partial charge is 0.256 e. The van der Waals surface area contributed by atoms with Crippen LogP contribution in [0.1, 0.15) is 11.4 Å². The molecule has 0 N–H and O–H groups in total. The van der Waals surface area contributed by atoms with E-state index < -0.39 is 23.7 Å². The van der Waals surface area contributed by atoms with Crippen molar-refractivity contribution in [3.8, 4) is 11.3 Å². The first-order valence-electron chi connectivity index (χ1n) is 5.26. The van der Waals surface area contributed by atoms with Crippen molar-refractivity contribution in [3.63, 3.8) is 0 Å². The van der Waals surface area contributed by atoms with E-state index in [0.717, 1.165) is 0 Å². The van der Waals surface area contributed by atoms with Gasteiger partial charge in [0.25, 0.3) is 0 Å². The van der Waals surface area contributed by atoms with Gasteiger partial charge in [-0.2, -0.15) is 26.3 Å². The number of halogens is 6. The Labute approximate surface area is 109 Å². The van der Waals surface area contributed by atoms with Gasteiger partial charge in [-0.25, -0.2) is 4.98 Å². The van der Waals surface area contributed by atoms with E-state index in [0.29, 0.717) is 12.1 Å². The third-order valence-corrected chi connectivity index (χ3v) is 2.37. The van der Waals surface area contributed by atoms with Crippen LogP contribution < -0.4 is 0 Å². The maximum absolute atomic E-state index is 12.6. The molecule has 0 fully saturated rings. The average molecular weight is 292 g/mol. The zero-order chi connectivity index (χ0) is 15.0. The minimum absolute atomic E-state index is 0.00546. The van der Waals surface area contributed by atoms with E-state index in [9.17, 15) is 26.3 Å². The molecular formula is C12H6F6N2. The highest BCUT2D eigenvalue weighted by Gasteiger charge is 2.38. The molecule has 0 radical (unpaired) electrons. The molecule has 0 saturated heterocycles. The van der Waals surface area contributed by atoms with Gasteiger partial charge in [-0.3, -0.25) is 4.98 Å². The third-order valence-electron chi connectivity index (χ3n) is 2.37. The van der Waals surface area contributed by atoms with Crippen molar-refractivity contribution >= 4 is 0 Å². The molecule has 2 aromatic heterocycles. The maximum atomic E-state index is 12.6. The topological polar surface area (TPSA) is 25.8 Å². The second-order valence-electron chi connectivity index (χ2n) is 3.84. The van der Waals surface area contributed by atoms with Crippen LogP contribution in [0.25, 0.3) is 11.3 Å². The molecule has 0 saturated carbocycles. The first kappa shape index (κ1) is 14.3. The van der Waals surface area contributed by atoms with Crippen LogP contribution in [-0.4, -0.2) is 9.97 Å². The molecular weight excluding hydrogens is 286 g/mol. The molecule has 0 aliphatic heterocycles. The van der Waals surface area contributed by atoms with Crippen LogP contribution in [-0.2, 0) is 12.4 Å². The molecule has 0 aromatic carbocycles. The molecule has 2 aromatic rings. The minimum Gasteiger partial charge on any atom is -0.256 e. The highest BCUT2D eigenvalue weighted by atomic mass is 19.4. The summed E-state index contributed by atoms with van der Waals surface area (Å²) >= 11 is 0. The lowest BCUT2D eigenvalue weighted by molar-refractivity contribution is -0.150. The molecule has 0 unspecified atom stereocenters. The Morgan fingerprint density at radius 1 is 0.800 bits per heavy atom. The van der Waals surface area contributed by atoms with E-state index in [1.807, 2.05) is 0 Å². The Morgan fingerprint density at radius 2 is 1.35 bits per heavy atom. The summed E-state index contributed by atoms with van der Waals surface area (Å²) in [6.07, 6.45) is -8.66. The van der Waals surface area contributed by atoms with Crippen LogP contribution in [0.15, 0.2) is 36.5 Å². The lowest BCUT2D eigenvalue weighted by Gasteiger charge is -2.12. The van der Waals surface area contributed by atoms with E-state index in [4.69, 9.17) is 0 Å². The molecule has 8 heteroatoms. The van der Waals surface area contributed by atoms with Crippen molar-refractivity contribution in [2.24, 2.45) is 0 Å². The van der Waals surface area contributed by atoms with Gasteiger partial charge < -0.3 is 0 Å². The summed E-state index contributed by atoms with van der Waals surface area (Å²) in [7, 11) is 0. The summed E-state index contributed by atoms with van der Waals surface area (Å²) in [5.74, 6) is 0. The highest BCUT2D eigenvalue weighted by Crippen LogP contribution is 2.35. The molecule has 0 amide bonds. The van der Waals surface area contributed by atoms with Gasteiger partial charge in [0.2, 0.25) is 0 Å². The van der Waals surface area contributed by atoms with E-state index in [2.05, 4.69) is 9.97 Å². The summed E-state index contributed by atoms with van der Waals surface area (Å²) in [6, 6.07) is 5.36. The number of hydrogen-bond acceptors (Lipinski definition) is 2. The van der Waals surface area contributed by atoms with Crippen LogP contribution >= 0.6 is 0 Å². The summed E-state index contributed by atoms with van der Waals surface area (Å²) in [4.78, 5) is 6.36. The lowest BCUT2D eigenvalue weighted by atomic mass is 10.1. The predicted molar refractivity (Wildman–Crippen MR) is 57.5 cm³/mol. The zero-order valence-corrected chi connectivity index (χ0v) is 9.63. The molecule has 2 heterocycles. The first-order chi connectivity index (χ1) is 9.18. The fraction of sp³-hybridized carbons (Fsp3) is 0.167. The summed E-state index contributed by atoms with van der Waals surface area (Å²) < 4.78 is 75.6. The van der Waals surface area contributed by atoms with E-state index in [1.165, 1.54) is 24.4 Å². The van der Waals surface area contributed by atoms with Gasteiger partial charge in [0, 0.05) is 11.8 Å². The lowest BCUT2D eigenvalue weighted by Crippen LogP contribution is -2.15. The third kappa shape index (κ3) is 3.06. The monoisotopic (exact) mass is 292 g/mol. The maximum Gasteiger partial charge on any atom is 0.433 e. The van der Waals surface area contributed by atoms with Crippen LogP contribution in [0.5, 0.6) is 0 Å².